The van der Waals surface area contributed by atoms with Crippen molar-refractivity contribution < 1.29 is 19.4 Å². The number of hydrogen-bond acceptors (Lipinski definition) is 3. The number of fused-ring (bicyclic) bond motifs is 1. The third kappa shape index (κ3) is 1.83. The van der Waals surface area contributed by atoms with Crippen molar-refractivity contribution in [2.45, 2.75) is 56.1 Å². The van der Waals surface area contributed by atoms with Crippen LogP contribution in [0.4, 0.5) is 0 Å². The second kappa shape index (κ2) is 4.38. The molecule has 1 aliphatic heterocycles. The average molecular weight is 353 g/mol. The number of ether oxygens (including phenoxy) is 2. The lowest BCUT2D eigenvalue weighted by Gasteiger charge is -2.38. The molecule has 112 valence electrons. The molecule has 0 radical (unpaired) electrons. The van der Waals surface area contributed by atoms with E-state index in [1.165, 1.54) is 0 Å². The average Bonchev–Trinajstić information content (AvgIpc) is 2.94. The highest BCUT2D eigenvalue weighted by Gasteiger charge is 2.49. The highest BCUT2D eigenvalue weighted by Crippen LogP contribution is 2.53. The third-order valence-corrected chi connectivity index (χ3v) is 5.78. The Morgan fingerprint density at radius 3 is 2.19 bits per heavy atom. The van der Waals surface area contributed by atoms with E-state index in [0.717, 1.165) is 47.9 Å². The molecule has 0 bridgehead atoms. The van der Waals surface area contributed by atoms with Crippen molar-refractivity contribution in [2.24, 2.45) is 0 Å². The topological polar surface area (TPSA) is 55.8 Å². The first-order valence-corrected chi connectivity index (χ1v) is 8.30. The van der Waals surface area contributed by atoms with Gasteiger partial charge in [-0.2, -0.15) is 0 Å². The Hall–Kier alpha value is -1.23. The van der Waals surface area contributed by atoms with E-state index in [1.807, 2.05) is 12.1 Å². The fraction of sp³-hybridized carbons (Fsp3) is 0.562. The fourth-order valence-corrected chi connectivity index (χ4v) is 4.43. The molecule has 21 heavy (non-hydrogen) atoms. The number of aliphatic carboxylic acids is 1. The largest absolute Gasteiger partial charge is 0.481 e. The van der Waals surface area contributed by atoms with Gasteiger partial charge in [0.1, 0.15) is 0 Å². The van der Waals surface area contributed by atoms with E-state index in [4.69, 9.17) is 9.47 Å². The lowest BCUT2D eigenvalue weighted by molar-refractivity contribution is -0.147. The first kappa shape index (κ1) is 13.4. The Kier molecular flexibility index (Phi) is 2.80. The molecule has 2 saturated carbocycles. The van der Waals surface area contributed by atoms with Gasteiger partial charge in [-0.3, -0.25) is 4.79 Å². The Morgan fingerprint density at radius 1 is 1.05 bits per heavy atom. The normalized spacial score (nSPS) is 24.0. The smallest absolute Gasteiger partial charge is 0.314 e. The summed E-state index contributed by atoms with van der Waals surface area (Å²) in [5, 5.41) is 9.62. The molecule has 4 nitrogen and oxygen atoms in total. The van der Waals surface area contributed by atoms with E-state index in [2.05, 4.69) is 15.9 Å². The molecule has 1 N–H and O–H groups in total. The predicted octanol–water partition coefficient (Wildman–Crippen LogP) is 4.00. The Labute approximate surface area is 131 Å². The molecule has 4 rings (SSSR count). The number of carboxylic acid groups (broad SMARTS) is 1. The zero-order chi connectivity index (χ0) is 14.7. The monoisotopic (exact) mass is 352 g/mol. The molecule has 0 saturated heterocycles. The summed E-state index contributed by atoms with van der Waals surface area (Å²) in [6.07, 6.45) is 6.36. The van der Waals surface area contributed by atoms with Gasteiger partial charge in [0.2, 0.25) is 0 Å². The molecule has 0 unspecified atom stereocenters. The molecule has 0 aromatic heterocycles. The molecular formula is C16H17BrO4. The molecule has 1 aromatic rings. The Balaban J connectivity index is 1.75. The molecule has 1 aromatic carbocycles. The van der Waals surface area contributed by atoms with Crippen LogP contribution in [-0.4, -0.2) is 16.9 Å². The number of carboxylic acids is 1. The van der Waals surface area contributed by atoms with Crippen molar-refractivity contribution in [3.8, 4) is 11.5 Å². The van der Waals surface area contributed by atoms with Crippen LogP contribution in [0.25, 0.3) is 0 Å². The summed E-state index contributed by atoms with van der Waals surface area (Å²) in [5.74, 6) is 0.176. The van der Waals surface area contributed by atoms with Gasteiger partial charge in [-0.1, -0.05) is 22.4 Å². The number of carbonyl (C=O) groups is 1. The van der Waals surface area contributed by atoms with Crippen LogP contribution in [0.1, 0.15) is 50.5 Å². The van der Waals surface area contributed by atoms with Gasteiger partial charge in [0.25, 0.3) is 5.79 Å². The maximum Gasteiger partial charge on any atom is 0.314 e. The van der Waals surface area contributed by atoms with Gasteiger partial charge < -0.3 is 14.6 Å². The number of rotatable bonds is 2. The molecule has 5 heteroatoms. The zero-order valence-electron chi connectivity index (χ0n) is 11.7. The van der Waals surface area contributed by atoms with Crippen molar-refractivity contribution in [3.63, 3.8) is 0 Å². The van der Waals surface area contributed by atoms with Crippen molar-refractivity contribution in [3.05, 3.63) is 22.2 Å². The molecule has 2 fully saturated rings. The van der Waals surface area contributed by atoms with Crippen LogP contribution < -0.4 is 9.47 Å². The number of hydrogen-bond donors (Lipinski definition) is 1. The summed E-state index contributed by atoms with van der Waals surface area (Å²) in [4.78, 5) is 11.7. The minimum atomic E-state index is -0.761. The van der Waals surface area contributed by atoms with Crippen LogP contribution in [0.15, 0.2) is 16.6 Å². The van der Waals surface area contributed by atoms with Crippen molar-refractivity contribution in [1.29, 1.82) is 0 Å². The molecule has 0 atom stereocenters. The van der Waals surface area contributed by atoms with E-state index in [0.29, 0.717) is 18.6 Å². The first-order chi connectivity index (χ1) is 10.0. The van der Waals surface area contributed by atoms with Gasteiger partial charge in [-0.25, -0.2) is 0 Å². The maximum atomic E-state index is 11.7. The summed E-state index contributed by atoms with van der Waals surface area (Å²) in [5.41, 5.74) is 0.0569. The van der Waals surface area contributed by atoms with Crippen molar-refractivity contribution >= 4 is 21.9 Å². The van der Waals surface area contributed by atoms with E-state index in [9.17, 15) is 9.90 Å². The van der Waals surface area contributed by atoms with E-state index < -0.39 is 17.2 Å². The van der Waals surface area contributed by atoms with Gasteiger partial charge in [-0.15, -0.1) is 0 Å². The highest BCUT2D eigenvalue weighted by atomic mass is 79.9. The highest BCUT2D eigenvalue weighted by molar-refractivity contribution is 9.10. The SMILES string of the molecule is O=C(O)C1(c2cc3c(cc2Br)OC2(CCCC2)O3)CCC1. The lowest BCUT2D eigenvalue weighted by Crippen LogP contribution is -2.42. The van der Waals surface area contributed by atoms with Crippen LogP contribution in [0.3, 0.4) is 0 Å². The second-order valence-electron chi connectivity index (χ2n) is 6.34. The number of halogens is 1. The standard InChI is InChI=1S/C16H17BrO4/c17-11-9-13-12(20-16(21-13)6-1-2-7-16)8-10(11)15(14(18)19)4-3-5-15/h8-9H,1-7H2,(H,18,19). The Bertz CT molecular complexity index is 615. The molecule has 1 spiro atoms. The lowest BCUT2D eigenvalue weighted by atomic mass is 9.64. The van der Waals surface area contributed by atoms with Gasteiger partial charge in [0, 0.05) is 17.3 Å². The first-order valence-electron chi connectivity index (χ1n) is 7.50. The van der Waals surface area contributed by atoms with Crippen LogP contribution in [-0.2, 0) is 10.2 Å². The van der Waals surface area contributed by atoms with Crippen LogP contribution >= 0.6 is 15.9 Å². The summed E-state index contributed by atoms with van der Waals surface area (Å²) >= 11 is 3.53. The van der Waals surface area contributed by atoms with Gasteiger partial charge in [0.15, 0.2) is 11.5 Å². The maximum absolute atomic E-state index is 11.7. The minimum Gasteiger partial charge on any atom is -0.481 e. The quantitative estimate of drug-likeness (QED) is 0.873. The molecule has 3 aliphatic rings. The third-order valence-electron chi connectivity index (χ3n) is 5.12. The van der Waals surface area contributed by atoms with Gasteiger partial charge >= 0.3 is 5.97 Å². The van der Waals surface area contributed by atoms with Gasteiger partial charge in [0.05, 0.1) is 5.41 Å². The number of benzene rings is 1. The molecular weight excluding hydrogens is 336 g/mol. The molecule has 1 heterocycles. The van der Waals surface area contributed by atoms with Crippen LogP contribution in [0.2, 0.25) is 0 Å². The van der Waals surface area contributed by atoms with Crippen molar-refractivity contribution in [1.82, 2.24) is 0 Å². The summed E-state index contributed by atoms with van der Waals surface area (Å²) < 4.78 is 12.9. The molecule has 0 amide bonds. The summed E-state index contributed by atoms with van der Waals surface area (Å²) in [6, 6.07) is 3.75. The predicted molar refractivity (Wildman–Crippen MR) is 79.8 cm³/mol. The summed E-state index contributed by atoms with van der Waals surface area (Å²) in [7, 11) is 0. The summed E-state index contributed by atoms with van der Waals surface area (Å²) in [6.45, 7) is 0. The minimum absolute atomic E-state index is 0.504. The van der Waals surface area contributed by atoms with E-state index in [1.54, 1.807) is 0 Å². The fourth-order valence-electron chi connectivity index (χ4n) is 3.73. The van der Waals surface area contributed by atoms with Crippen molar-refractivity contribution in [2.75, 3.05) is 0 Å². The zero-order valence-corrected chi connectivity index (χ0v) is 13.2. The second-order valence-corrected chi connectivity index (χ2v) is 7.20. The van der Waals surface area contributed by atoms with Gasteiger partial charge in [-0.05, 0) is 43.4 Å². The van der Waals surface area contributed by atoms with Crippen LogP contribution in [0, 0.1) is 0 Å². The van der Waals surface area contributed by atoms with Crippen LogP contribution in [0.5, 0.6) is 11.5 Å². The Morgan fingerprint density at radius 2 is 1.67 bits per heavy atom. The molecule has 2 aliphatic carbocycles. The van der Waals surface area contributed by atoms with E-state index in [-0.39, 0.29) is 0 Å². The van der Waals surface area contributed by atoms with E-state index >= 15 is 0 Å².